The molecule has 0 aromatic rings. The zero-order valence-electron chi connectivity index (χ0n) is 12.0. The SMILES string of the molecule is CN1CCC(C(=O)N2CCC(OCCCN)CC2)C1. The molecule has 2 aliphatic heterocycles. The highest BCUT2D eigenvalue weighted by atomic mass is 16.5. The summed E-state index contributed by atoms with van der Waals surface area (Å²) >= 11 is 0. The lowest BCUT2D eigenvalue weighted by atomic mass is 10.0. The normalized spacial score (nSPS) is 26.0. The third kappa shape index (κ3) is 4.16. The Balaban J connectivity index is 1.69. The highest BCUT2D eigenvalue weighted by Gasteiger charge is 2.31. The van der Waals surface area contributed by atoms with Gasteiger partial charge in [0.1, 0.15) is 0 Å². The predicted octanol–water partition coefficient (Wildman–Crippen LogP) is 0.295. The molecule has 1 amide bonds. The van der Waals surface area contributed by atoms with E-state index in [2.05, 4.69) is 11.9 Å². The number of amides is 1. The first-order valence-electron chi connectivity index (χ1n) is 7.49. The first-order valence-corrected chi connectivity index (χ1v) is 7.49. The largest absolute Gasteiger partial charge is 0.378 e. The van der Waals surface area contributed by atoms with Gasteiger partial charge >= 0.3 is 0 Å². The lowest BCUT2D eigenvalue weighted by molar-refractivity contribution is -0.137. The van der Waals surface area contributed by atoms with E-state index >= 15 is 0 Å². The Morgan fingerprint density at radius 2 is 2.00 bits per heavy atom. The van der Waals surface area contributed by atoms with E-state index in [4.69, 9.17) is 10.5 Å². The van der Waals surface area contributed by atoms with Gasteiger partial charge in [0, 0.05) is 26.2 Å². The Labute approximate surface area is 116 Å². The van der Waals surface area contributed by atoms with Crippen molar-refractivity contribution in [2.24, 2.45) is 11.7 Å². The quantitative estimate of drug-likeness (QED) is 0.729. The van der Waals surface area contributed by atoms with E-state index < -0.39 is 0 Å². The molecule has 0 aliphatic carbocycles. The molecule has 1 unspecified atom stereocenters. The van der Waals surface area contributed by atoms with Crippen LogP contribution >= 0.6 is 0 Å². The molecule has 0 aromatic heterocycles. The number of nitrogens with two attached hydrogens (primary N) is 1. The van der Waals surface area contributed by atoms with Gasteiger partial charge in [-0.1, -0.05) is 0 Å². The first kappa shape index (κ1) is 14.8. The van der Waals surface area contributed by atoms with Crippen LogP contribution in [0.3, 0.4) is 0 Å². The smallest absolute Gasteiger partial charge is 0.227 e. The topological polar surface area (TPSA) is 58.8 Å². The molecule has 0 saturated carbocycles. The van der Waals surface area contributed by atoms with Crippen molar-refractivity contribution in [1.29, 1.82) is 0 Å². The molecule has 2 N–H and O–H groups in total. The minimum Gasteiger partial charge on any atom is -0.378 e. The second-order valence-electron chi connectivity index (χ2n) is 5.79. The Hall–Kier alpha value is -0.650. The molecule has 110 valence electrons. The monoisotopic (exact) mass is 269 g/mol. The maximum atomic E-state index is 12.4. The maximum absolute atomic E-state index is 12.4. The molecule has 1 atom stereocenters. The number of carbonyl (C=O) groups excluding carboxylic acids is 1. The fourth-order valence-corrected chi connectivity index (χ4v) is 2.97. The molecule has 2 aliphatic rings. The molecular weight excluding hydrogens is 242 g/mol. The van der Waals surface area contributed by atoms with E-state index in [1.54, 1.807) is 0 Å². The van der Waals surface area contributed by atoms with Crippen LogP contribution < -0.4 is 5.73 Å². The van der Waals surface area contributed by atoms with E-state index in [-0.39, 0.29) is 5.92 Å². The van der Waals surface area contributed by atoms with Crippen LogP contribution in [0.15, 0.2) is 0 Å². The zero-order valence-corrected chi connectivity index (χ0v) is 12.0. The summed E-state index contributed by atoms with van der Waals surface area (Å²) in [5.74, 6) is 0.574. The summed E-state index contributed by atoms with van der Waals surface area (Å²) in [6, 6.07) is 0. The fraction of sp³-hybridized carbons (Fsp3) is 0.929. The Morgan fingerprint density at radius 1 is 1.26 bits per heavy atom. The number of nitrogens with zero attached hydrogens (tertiary/aromatic N) is 2. The van der Waals surface area contributed by atoms with Crippen molar-refractivity contribution in [1.82, 2.24) is 9.80 Å². The van der Waals surface area contributed by atoms with Gasteiger partial charge in [-0.25, -0.2) is 0 Å². The second-order valence-corrected chi connectivity index (χ2v) is 5.79. The van der Waals surface area contributed by atoms with Crippen LogP contribution in [0.1, 0.15) is 25.7 Å². The van der Waals surface area contributed by atoms with Gasteiger partial charge in [0.15, 0.2) is 0 Å². The molecule has 2 heterocycles. The highest BCUT2D eigenvalue weighted by Crippen LogP contribution is 2.21. The summed E-state index contributed by atoms with van der Waals surface area (Å²) in [5, 5.41) is 0. The molecular formula is C14H27N3O2. The first-order chi connectivity index (χ1) is 9.20. The number of piperidine rings is 1. The van der Waals surface area contributed by atoms with Gasteiger partial charge in [0.05, 0.1) is 12.0 Å². The van der Waals surface area contributed by atoms with Crippen molar-refractivity contribution >= 4 is 5.91 Å². The van der Waals surface area contributed by atoms with Gasteiger partial charge in [0.25, 0.3) is 0 Å². The molecule has 19 heavy (non-hydrogen) atoms. The van der Waals surface area contributed by atoms with Crippen molar-refractivity contribution in [2.75, 3.05) is 46.4 Å². The zero-order chi connectivity index (χ0) is 13.7. The molecule has 0 spiro atoms. The van der Waals surface area contributed by atoms with E-state index in [1.807, 2.05) is 4.90 Å². The maximum Gasteiger partial charge on any atom is 0.227 e. The van der Waals surface area contributed by atoms with Gasteiger partial charge in [-0.2, -0.15) is 0 Å². The van der Waals surface area contributed by atoms with Crippen molar-refractivity contribution < 1.29 is 9.53 Å². The third-order valence-electron chi connectivity index (χ3n) is 4.20. The number of ether oxygens (including phenoxy) is 1. The standard InChI is InChI=1S/C14H27N3O2/c1-16-7-3-12(11-16)14(18)17-8-4-13(5-9-17)19-10-2-6-15/h12-13H,2-11,15H2,1H3. The molecule has 5 heteroatoms. The minimum atomic E-state index is 0.222. The van der Waals surface area contributed by atoms with Crippen LogP contribution in [0.4, 0.5) is 0 Å². The molecule has 2 rings (SSSR count). The van der Waals surface area contributed by atoms with E-state index in [9.17, 15) is 4.79 Å². The minimum absolute atomic E-state index is 0.222. The number of likely N-dealkylation sites (tertiary alicyclic amines) is 2. The van der Waals surface area contributed by atoms with Crippen LogP contribution in [0, 0.1) is 5.92 Å². The highest BCUT2D eigenvalue weighted by molar-refractivity contribution is 5.79. The van der Waals surface area contributed by atoms with Gasteiger partial charge in [-0.3, -0.25) is 4.79 Å². The van der Waals surface area contributed by atoms with Crippen molar-refractivity contribution in [3.8, 4) is 0 Å². The summed E-state index contributed by atoms with van der Waals surface area (Å²) in [7, 11) is 2.09. The van der Waals surface area contributed by atoms with E-state index in [0.29, 0.717) is 18.6 Å². The molecule has 2 saturated heterocycles. The average Bonchev–Trinajstić information content (AvgIpc) is 2.86. The van der Waals surface area contributed by atoms with Crippen molar-refractivity contribution in [3.63, 3.8) is 0 Å². The lowest BCUT2D eigenvalue weighted by Crippen LogP contribution is -2.44. The Kier molecular flexibility index (Phi) is 5.60. The predicted molar refractivity (Wildman–Crippen MR) is 74.8 cm³/mol. The van der Waals surface area contributed by atoms with Crippen molar-refractivity contribution in [3.05, 3.63) is 0 Å². The number of rotatable bonds is 5. The van der Waals surface area contributed by atoms with Gasteiger partial charge in [-0.15, -0.1) is 0 Å². The third-order valence-corrected chi connectivity index (χ3v) is 4.20. The van der Waals surface area contributed by atoms with Gasteiger partial charge in [0.2, 0.25) is 5.91 Å². The average molecular weight is 269 g/mol. The lowest BCUT2D eigenvalue weighted by Gasteiger charge is -2.33. The Bertz CT molecular complexity index is 290. The molecule has 0 bridgehead atoms. The number of hydrogen-bond acceptors (Lipinski definition) is 4. The van der Waals surface area contributed by atoms with Crippen molar-refractivity contribution in [2.45, 2.75) is 31.8 Å². The fourth-order valence-electron chi connectivity index (χ4n) is 2.97. The van der Waals surface area contributed by atoms with Crippen LogP contribution in [-0.2, 0) is 9.53 Å². The molecule has 5 nitrogen and oxygen atoms in total. The molecule has 2 fully saturated rings. The van der Waals surface area contributed by atoms with E-state index in [0.717, 1.165) is 58.5 Å². The molecule has 0 aromatic carbocycles. The second kappa shape index (κ2) is 7.22. The van der Waals surface area contributed by atoms with Gasteiger partial charge < -0.3 is 20.3 Å². The van der Waals surface area contributed by atoms with Crippen LogP contribution in [-0.4, -0.2) is 68.2 Å². The van der Waals surface area contributed by atoms with Crippen LogP contribution in [0.5, 0.6) is 0 Å². The van der Waals surface area contributed by atoms with Crippen LogP contribution in [0.25, 0.3) is 0 Å². The summed E-state index contributed by atoms with van der Waals surface area (Å²) in [5.41, 5.74) is 5.45. The van der Waals surface area contributed by atoms with E-state index in [1.165, 1.54) is 0 Å². The van der Waals surface area contributed by atoms with Crippen LogP contribution in [0.2, 0.25) is 0 Å². The number of hydrogen-bond donors (Lipinski definition) is 1. The summed E-state index contributed by atoms with van der Waals surface area (Å²) in [6.45, 7) is 5.12. The summed E-state index contributed by atoms with van der Waals surface area (Å²) < 4.78 is 5.77. The summed E-state index contributed by atoms with van der Waals surface area (Å²) in [4.78, 5) is 16.6. The number of carbonyl (C=O) groups is 1. The Morgan fingerprint density at radius 3 is 2.58 bits per heavy atom. The summed E-state index contributed by atoms with van der Waals surface area (Å²) in [6.07, 6.45) is 4.20. The molecule has 0 radical (unpaired) electrons. The van der Waals surface area contributed by atoms with Gasteiger partial charge in [-0.05, 0) is 45.8 Å².